The van der Waals surface area contributed by atoms with E-state index in [0.29, 0.717) is 24.6 Å². The Hall–Kier alpha value is -1.53. The molecule has 1 heterocycles. The molecule has 140 valence electrons. The largest absolute Gasteiger partial charge is 0.391 e. The maximum Gasteiger partial charge on any atom is 0.391 e. The predicted octanol–water partition coefficient (Wildman–Crippen LogP) is 4.84. The molecule has 4 nitrogen and oxygen atoms in total. The smallest absolute Gasteiger partial charge is 0.309 e. The molecule has 2 unspecified atom stereocenters. The van der Waals surface area contributed by atoms with Gasteiger partial charge in [-0.05, 0) is 31.6 Å². The van der Waals surface area contributed by atoms with Crippen molar-refractivity contribution >= 4 is 11.7 Å². The van der Waals surface area contributed by atoms with Crippen molar-refractivity contribution in [2.45, 2.75) is 70.4 Å². The Morgan fingerprint density at radius 3 is 2.64 bits per heavy atom. The molecular weight excluding hydrogens is 331 g/mol. The summed E-state index contributed by atoms with van der Waals surface area (Å²) < 4.78 is 38.6. The molecule has 2 aliphatic rings. The number of carbonyl (C=O) groups is 1. The lowest BCUT2D eigenvalue weighted by molar-refractivity contribution is -0.185. The molecule has 1 aromatic rings. The second-order valence-electron chi connectivity index (χ2n) is 7.58. The fourth-order valence-corrected chi connectivity index (χ4v) is 4.19. The molecule has 25 heavy (non-hydrogen) atoms. The summed E-state index contributed by atoms with van der Waals surface area (Å²) in [6.07, 6.45) is 3.96. The minimum absolute atomic E-state index is 0.116. The molecule has 0 aromatic carbocycles. The van der Waals surface area contributed by atoms with E-state index in [9.17, 15) is 18.0 Å². The summed E-state index contributed by atoms with van der Waals surface area (Å²) in [4.78, 5) is 12.3. The Bertz CT molecular complexity index is 578. The molecular formula is C18H26F3N3O. The van der Waals surface area contributed by atoms with Crippen molar-refractivity contribution in [3.8, 4) is 0 Å². The van der Waals surface area contributed by atoms with E-state index in [4.69, 9.17) is 0 Å². The molecule has 1 amide bonds. The minimum atomic E-state index is -4.21. The lowest BCUT2D eigenvalue weighted by Crippen LogP contribution is -2.34. The van der Waals surface area contributed by atoms with E-state index in [1.807, 2.05) is 6.07 Å². The molecule has 2 fully saturated rings. The number of aromatic nitrogens is 2. The van der Waals surface area contributed by atoms with Gasteiger partial charge >= 0.3 is 6.18 Å². The van der Waals surface area contributed by atoms with E-state index in [-0.39, 0.29) is 18.7 Å². The van der Waals surface area contributed by atoms with Gasteiger partial charge in [0, 0.05) is 17.7 Å². The van der Waals surface area contributed by atoms with Crippen molar-refractivity contribution < 1.29 is 18.0 Å². The van der Waals surface area contributed by atoms with E-state index in [2.05, 4.69) is 15.5 Å². The zero-order valence-electron chi connectivity index (χ0n) is 14.4. The number of hydrogen-bond donors (Lipinski definition) is 2. The molecule has 0 radical (unpaired) electrons. The highest BCUT2D eigenvalue weighted by Gasteiger charge is 2.43. The van der Waals surface area contributed by atoms with Gasteiger partial charge < -0.3 is 5.32 Å². The summed E-state index contributed by atoms with van der Waals surface area (Å²) in [5, 5.41) is 9.75. The molecule has 0 bridgehead atoms. The van der Waals surface area contributed by atoms with Crippen LogP contribution >= 0.6 is 0 Å². The number of H-pyrrole nitrogens is 1. The second kappa shape index (κ2) is 7.79. The van der Waals surface area contributed by atoms with Gasteiger partial charge in [0.25, 0.3) is 0 Å². The number of halogens is 3. The highest BCUT2D eigenvalue weighted by molar-refractivity contribution is 5.91. The first-order valence-corrected chi connectivity index (χ1v) is 9.33. The van der Waals surface area contributed by atoms with Gasteiger partial charge in [0.05, 0.1) is 5.92 Å². The monoisotopic (exact) mass is 357 g/mol. The zero-order chi connectivity index (χ0) is 17.9. The van der Waals surface area contributed by atoms with E-state index in [0.717, 1.165) is 12.1 Å². The van der Waals surface area contributed by atoms with Gasteiger partial charge in [0.15, 0.2) is 5.82 Å². The van der Waals surface area contributed by atoms with Gasteiger partial charge in [0.2, 0.25) is 5.91 Å². The normalized spacial score (nSPS) is 25.7. The Labute approximate surface area is 145 Å². The molecule has 0 aliphatic heterocycles. The fraction of sp³-hybridized carbons (Fsp3) is 0.778. The summed E-state index contributed by atoms with van der Waals surface area (Å²) in [7, 11) is 0. The van der Waals surface area contributed by atoms with Crippen LogP contribution in [0.1, 0.15) is 63.5 Å². The van der Waals surface area contributed by atoms with Crippen molar-refractivity contribution in [1.29, 1.82) is 0 Å². The molecule has 0 saturated heterocycles. The summed E-state index contributed by atoms with van der Waals surface area (Å²) in [5.41, 5.74) is 0.985. The quantitative estimate of drug-likeness (QED) is 0.810. The molecule has 2 aliphatic carbocycles. The Morgan fingerprint density at radius 2 is 1.92 bits per heavy atom. The lowest BCUT2D eigenvalue weighted by Gasteiger charge is -2.29. The number of rotatable bonds is 4. The number of nitrogens with zero attached hydrogens (tertiary/aromatic N) is 1. The Balaban J connectivity index is 1.52. The highest BCUT2D eigenvalue weighted by Crippen LogP contribution is 2.40. The van der Waals surface area contributed by atoms with Crippen LogP contribution in [0, 0.1) is 17.8 Å². The molecule has 2 saturated carbocycles. The van der Waals surface area contributed by atoms with Crippen LogP contribution in [-0.4, -0.2) is 22.3 Å². The van der Waals surface area contributed by atoms with Crippen LogP contribution in [0.4, 0.5) is 19.0 Å². The maximum absolute atomic E-state index is 12.9. The summed E-state index contributed by atoms with van der Waals surface area (Å²) in [6.45, 7) is 0. The average Bonchev–Trinajstić information content (AvgIpc) is 3.02. The summed E-state index contributed by atoms with van der Waals surface area (Å²) in [6, 6.07) is 1.82. The van der Waals surface area contributed by atoms with E-state index in [1.165, 1.54) is 32.1 Å². The molecule has 1 aromatic heterocycles. The Kier molecular flexibility index (Phi) is 5.69. The third-order valence-electron chi connectivity index (χ3n) is 5.62. The molecule has 3 rings (SSSR count). The van der Waals surface area contributed by atoms with Crippen molar-refractivity contribution in [2.24, 2.45) is 17.8 Å². The first kappa shape index (κ1) is 18.3. The van der Waals surface area contributed by atoms with Crippen LogP contribution in [0.2, 0.25) is 0 Å². The topological polar surface area (TPSA) is 57.8 Å². The van der Waals surface area contributed by atoms with Crippen molar-refractivity contribution in [3.63, 3.8) is 0 Å². The minimum Gasteiger partial charge on any atom is -0.309 e. The van der Waals surface area contributed by atoms with E-state index in [1.54, 1.807) is 0 Å². The van der Waals surface area contributed by atoms with Gasteiger partial charge in [-0.1, -0.05) is 38.5 Å². The summed E-state index contributed by atoms with van der Waals surface area (Å²) in [5.74, 6) is -1.21. The number of anilines is 1. The van der Waals surface area contributed by atoms with E-state index >= 15 is 0 Å². The van der Waals surface area contributed by atoms with Crippen LogP contribution in [0.5, 0.6) is 0 Å². The fourth-order valence-electron chi connectivity index (χ4n) is 4.19. The van der Waals surface area contributed by atoms with Gasteiger partial charge in [0.1, 0.15) is 0 Å². The van der Waals surface area contributed by atoms with E-state index < -0.39 is 18.0 Å². The maximum atomic E-state index is 12.9. The van der Waals surface area contributed by atoms with Crippen LogP contribution < -0.4 is 5.32 Å². The van der Waals surface area contributed by atoms with Gasteiger partial charge in [-0.25, -0.2) is 0 Å². The number of carbonyl (C=O) groups excluding carboxylic acids is 1. The van der Waals surface area contributed by atoms with Crippen LogP contribution in [-0.2, 0) is 11.2 Å². The molecule has 2 N–H and O–H groups in total. The molecule has 2 atom stereocenters. The first-order chi connectivity index (χ1) is 11.9. The van der Waals surface area contributed by atoms with Gasteiger partial charge in [-0.15, -0.1) is 0 Å². The van der Waals surface area contributed by atoms with Gasteiger partial charge in [-0.2, -0.15) is 18.3 Å². The third-order valence-corrected chi connectivity index (χ3v) is 5.62. The number of alkyl halides is 3. The number of amides is 1. The number of aromatic amines is 1. The van der Waals surface area contributed by atoms with Crippen LogP contribution in [0.25, 0.3) is 0 Å². The standard InChI is InChI=1S/C18H26F3N3O/c19-18(20,21)14-8-4-7-13(10-14)17(25)22-16-11-15(23-24-16)9-12-5-2-1-3-6-12/h11-14H,1-10H2,(H2,22,23,24,25). The number of hydrogen-bond acceptors (Lipinski definition) is 2. The molecule has 7 heteroatoms. The Morgan fingerprint density at radius 1 is 1.16 bits per heavy atom. The van der Waals surface area contributed by atoms with Crippen molar-refractivity contribution in [2.75, 3.05) is 5.32 Å². The van der Waals surface area contributed by atoms with Crippen LogP contribution in [0.3, 0.4) is 0 Å². The van der Waals surface area contributed by atoms with Crippen molar-refractivity contribution in [3.05, 3.63) is 11.8 Å². The highest BCUT2D eigenvalue weighted by atomic mass is 19.4. The number of nitrogens with one attached hydrogen (secondary N) is 2. The predicted molar refractivity (Wildman–Crippen MR) is 89.0 cm³/mol. The second-order valence-corrected chi connectivity index (χ2v) is 7.58. The SMILES string of the molecule is O=C(Nc1cc(CC2CCCCC2)[nH]n1)C1CCCC(C(F)(F)F)C1. The zero-order valence-corrected chi connectivity index (χ0v) is 14.4. The summed E-state index contributed by atoms with van der Waals surface area (Å²) >= 11 is 0. The first-order valence-electron chi connectivity index (χ1n) is 9.33. The lowest BCUT2D eigenvalue weighted by atomic mass is 9.80. The molecule has 0 spiro atoms. The van der Waals surface area contributed by atoms with Crippen LogP contribution in [0.15, 0.2) is 6.07 Å². The van der Waals surface area contributed by atoms with Crippen molar-refractivity contribution in [1.82, 2.24) is 10.2 Å². The average molecular weight is 357 g/mol. The third kappa shape index (κ3) is 4.98. The van der Waals surface area contributed by atoms with Gasteiger partial charge in [-0.3, -0.25) is 9.89 Å².